The minimum atomic E-state index is 0.230. The fraction of sp³-hybridized carbons (Fsp3) is 0.636. The van der Waals surface area contributed by atoms with Gasteiger partial charge in [0.2, 0.25) is 5.91 Å². The molecule has 16 heavy (non-hydrogen) atoms. The lowest BCUT2D eigenvalue weighted by atomic mass is 9.99. The fourth-order valence-corrected chi connectivity index (χ4v) is 2.54. The standard InChI is InChI=1S/C11H17N3OS/c1-9-2-6-14(7-3-9)10(15)8-16-11-12-4-5-13-11/h4-5,9H,2-3,6-8H2,1H3,(H,12,13). The number of carbonyl (C=O) groups excluding carboxylic acids is 1. The molecule has 5 heteroatoms. The lowest BCUT2D eigenvalue weighted by Crippen LogP contribution is -2.38. The monoisotopic (exact) mass is 239 g/mol. The summed E-state index contributed by atoms with van der Waals surface area (Å²) in [5.74, 6) is 1.48. The van der Waals surface area contributed by atoms with Gasteiger partial charge in [0.15, 0.2) is 5.16 Å². The third kappa shape index (κ3) is 3.01. The first kappa shape index (κ1) is 11.5. The maximum absolute atomic E-state index is 11.9. The van der Waals surface area contributed by atoms with Crippen LogP contribution in [0.4, 0.5) is 0 Å². The topological polar surface area (TPSA) is 49.0 Å². The van der Waals surface area contributed by atoms with Gasteiger partial charge in [-0.15, -0.1) is 0 Å². The molecule has 0 saturated carbocycles. The van der Waals surface area contributed by atoms with Crippen LogP contribution in [0.25, 0.3) is 0 Å². The van der Waals surface area contributed by atoms with Crippen LogP contribution >= 0.6 is 11.8 Å². The van der Waals surface area contributed by atoms with Crippen LogP contribution in [0, 0.1) is 5.92 Å². The molecule has 4 nitrogen and oxygen atoms in total. The van der Waals surface area contributed by atoms with Gasteiger partial charge in [0.25, 0.3) is 0 Å². The van der Waals surface area contributed by atoms with Gasteiger partial charge < -0.3 is 9.88 Å². The maximum Gasteiger partial charge on any atom is 0.233 e. The molecule has 0 aliphatic carbocycles. The largest absolute Gasteiger partial charge is 0.342 e. The number of aromatic amines is 1. The lowest BCUT2D eigenvalue weighted by Gasteiger charge is -2.30. The second kappa shape index (κ2) is 5.39. The van der Waals surface area contributed by atoms with Crippen molar-refractivity contribution in [2.75, 3.05) is 18.8 Å². The van der Waals surface area contributed by atoms with Crippen molar-refractivity contribution in [3.05, 3.63) is 12.4 Å². The van der Waals surface area contributed by atoms with E-state index in [0.29, 0.717) is 5.75 Å². The second-order valence-corrected chi connectivity index (χ2v) is 5.21. The van der Waals surface area contributed by atoms with Crippen molar-refractivity contribution in [3.63, 3.8) is 0 Å². The van der Waals surface area contributed by atoms with Gasteiger partial charge in [-0.2, -0.15) is 0 Å². The molecule has 0 spiro atoms. The smallest absolute Gasteiger partial charge is 0.233 e. The SMILES string of the molecule is CC1CCN(C(=O)CSc2ncc[nH]2)CC1. The number of amides is 1. The van der Waals surface area contributed by atoms with E-state index in [9.17, 15) is 4.79 Å². The lowest BCUT2D eigenvalue weighted by molar-refractivity contribution is -0.129. The number of aromatic nitrogens is 2. The molecule has 1 fully saturated rings. The van der Waals surface area contributed by atoms with E-state index < -0.39 is 0 Å². The van der Waals surface area contributed by atoms with Gasteiger partial charge in [0.1, 0.15) is 0 Å². The molecule has 2 heterocycles. The zero-order valence-corrected chi connectivity index (χ0v) is 10.3. The number of imidazole rings is 1. The van der Waals surface area contributed by atoms with E-state index in [1.807, 2.05) is 4.90 Å². The Morgan fingerprint density at radius 2 is 2.38 bits per heavy atom. The molecule has 0 unspecified atom stereocenters. The number of piperidine rings is 1. The zero-order chi connectivity index (χ0) is 11.4. The van der Waals surface area contributed by atoms with Gasteiger partial charge in [-0.25, -0.2) is 4.98 Å². The Labute approximate surface area is 99.8 Å². The van der Waals surface area contributed by atoms with E-state index in [-0.39, 0.29) is 5.91 Å². The summed E-state index contributed by atoms with van der Waals surface area (Å²) in [4.78, 5) is 20.9. The summed E-state index contributed by atoms with van der Waals surface area (Å²) >= 11 is 1.47. The minimum absolute atomic E-state index is 0.230. The third-order valence-corrected chi connectivity index (χ3v) is 3.83. The number of nitrogens with one attached hydrogen (secondary N) is 1. The normalized spacial score (nSPS) is 17.7. The molecule has 1 aliphatic heterocycles. The Bertz CT molecular complexity index is 331. The summed E-state index contributed by atoms with van der Waals surface area (Å²) in [6.07, 6.45) is 5.75. The van der Waals surface area contributed by atoms with Gasteiger partial charge in [-0.1, -0.05) is 18.7 Å². The Balaban J connectivity index is 1.75. The van der Waals surface area contributed by atoms with E-state index in [1.165, 1.54) is 11.8 Å². The molecule has 0 aromatic carbocycles. The van der Waals surface area contributed by atoms with Crippen LogP contribution < -0.4 is 0 Å². The number of carbonyl (C=O) groups is 1. The van der Waals surface area contributed by atoms with Crippen LogP contribution in [0.2, 0.25) is 0 Å². The van der Waals surface area contributed by atoms with Gasteiger partial charge >= 0.3 is 0 Å². The molecule has 2 rings (SSSR count). The minimum Gasteiger partial charge on any atom is -0.342 e. The van der Waals surface area contributed by atoms with Crippen LogP contribution in [0.1, 0.15) is 19.8 Å². The highest BCUT2D eigenvalue weighted by Crippen LogP contribution is 2.18. The van der Waals surface area contributed by atoms with Crippen LogP contribution in [0.15, 0.2) is 17.6 Å². The quantitative estimate of drug-likeness (QED) is 0.818. The molecule has 0 bridgehead atoms. The summed E-state index contributed by atoms with van der Waals surface area (Å²) in [5, 5.41) is 0.818. The van der Waals surface area contributed by atoms with Gasteiger partial charge in [-0.3, -0.25) is 4.79 Å². The highest BCUT2D eigenvalue weighted by Gasteiger charge is 2.20. The highest BCUT2D eigenvalue weighted by molar-refractivity contribution is 7.99. The molecule has 1 aliphatic rings. The van der Waals surface area contributed by atoms with Crippen LogP contribution in [-0.4, -0.2) is 39.6 Å². The van der Waals surface area contributed by atoms with E-state index in [4.69, 9.17) is 0 Å². The summed E-state index contributed by atoms with van der Waals surface area (Å²) in [6, 6.07) is 0. The van der Waals surface area contributed by atoms with Crippen molar-refractivity contribution in [2.45, 2.75) is 24.9 Å². The number of hydrogen-bond acceptors (Lipinski definition) is 3. The van der Waals surface area contributed by atoms with Crippen molar-refractivity contribution >= 4 is 17.7 Å². The van der Waals surface area contributed by atoms with Crippen molar-refractivity contribution in [2.24, 2.45) is 5.92 Å². The summed E-state index contributed by atoms with van der Waals surface area (Å²) in [6.45, 7) is 4.08. The van der Waals surface area contributed by atoms with E-state index in [0.717, 1.165) is 37.0 Å². The molecule has 1 aromatic heterocycles. The van der Waals surface area contributed by atoms with E-state index >= 15 is 0 Å². The summed E-state index contributed by atoms with van der Waals surface area (Å²) < 4.78 is 0. The van der Waals surface area contributed by atoms with Gasteiger partial charge in [0.05, 0.1) is 5.75 Å². The molecule has 1 aromatic rings. The molecule has 1 amide bonds. The predicted molar refractivity (Wildman–Crippen MR) is 64.3 cm³/mol. The van der Waals surface area contributed by atoms with Crippen LogP contribution in [0.5, 0.6) is 0 Å². The van der Waals surface area contributed by atoms with E-state index in [2.05, 4.69) is 16.9 Å². The Morgan fingerprint density at radius 1 is 1.62 bits per heavy atom. The first-order valence-corrected chi connectivity index (χ1v) is 6.64. The Hall–Kier alpha value is -0.970. The van der Waals surface area contributed by atoms with E-state index in [1.54, 1.807) is 12.4 Å². The second-order valence-electron chi connectivity index (χ2n) is 4.25. The number of H-pyrrole nitrogens is 1. The highest BCUT2D eigenvalue weighted by atomic mass is 32.2. The first-order chi connectivity index (χ1) is 7.75. The molecule has 1 saturated heterocycles. The average Bonchev–Trinajstić information content (AvgIpc) is 2.80. The molecular weight excluding hydrogens is 222 g/mol. The summed E-state index contributed by atoms with van der Waals surface area (Å²) in [5.41, 5.74) is 0. The number of likely N-dealkylation sites (tertiary alicyclic amines) is 1. The summed E-state index contributed by atoms with van der Waals surface area (Å²) in [7, 11) is 0. The molecule has 0 radical (unpaired) electrons. The third-order valence-electron chi connectivity index (χ3n) is 2.94. The van der Waals surface area contributed by atoms with Crippen LogP contribution in [0.3, 0.4) is 0 Å². The zero-order valence-electron chi connectivity index (χ0n) is 9.48. The molecule has 1 N–H and O–H groups in total. The Kier molecular flexibility index (Phi) is 3.88. The maximum atomic E-state index is 11.9. The van der Waals surface area contributed by atoms with Crippen molar-refractivity contribution in [3.8, 4) is 0 Å². The first-order valence-electron chi connectivity index (χ1n) is 5.65. The van der Waals surface area contributed by atoms with Gasteiger partial charge in [0, 0.05) is 25.5 Å². The number of nitrogens with zero attached hydrogens (tertiary/aromatic N) is 2. The molecular formula is C11H17N3OS. The van der Waals surface area contributed by atoms with Crippen LogP contribution in [-0.2, 0) is 4.79 Å². The molecule has 88 valence electrons. The number of rotatable bonds is 3. The van der Waals surface area contributed by atoms with Crippen molar-refractivity contribution in [1.82, 2.24) is 14.9 Å². The van der Waals surface area contributed by atoms with Crippen molar-refractivity contribution in [1.29, 1.82) is 0 Å². The Morgan fingerprint density at radius 3 is 3.00 bits per heavy atom. The average molecular weight is 239 g/mol. The number of thioether (sulfide) groups is 1. The molecule has 0 atom stereocenters. The number of hydrogen-bond donors (Lipinski definition) is 1. The predicted octanol–water partition coefficient (Wildman–Crippen LogP) is 1.76. The van der Waals surface area contributed by atoms with Gasteiger partial charge in [-0.05, 0) is 18.8 Å². The van der Waals surface area contributed by atoms with Crippen molar-refractivity contribution < 1.29 is 4.79 Å². The fourth-order valence-electron chi connectivity index (χ4n) is 1.81.